The van der Waals surface area contributed by atoms with Gasteiger partial charge in [-0.3, -0.25) is 0 Å². The van der Waals surface area contributed by atoms with Crippen LogP contribution in [0.25, 0.3) is 0 Å². The van der Waals surface area contributed by atoms with Crippen molar-refractivity contribution < 1.29 is 9.53 Å². The van der Waals surface area contributed by atoms with Gasteiger partial charge in [0.2, 0.25) is 0 Å². The van der Waals surface area contributed by atoms with Crippen LogP contribution in [-0.2, 0) is 9.53 Å². The quantitative estimate of drug-likeness (QED) is 0.484. The predicted octanol–water partition coefficient (Wildman–Crippen LogP) is 2.54. The molecule has 0 aromatic carbocycles. The normalized spacial score (nSPS) is 31.3. The van der Waals surface area contributed by atoms with E-state index < -0.39 is 0 Å². The molecule has 0 saturated heterocycles. The highest BCUT2D eigenvalue weighted by Crippen LogP contribution is 2.42. The number of rotatable bonds is 2. The molecule has 1 fully saturated rings. The fourth-order valence-corrected chi connectivity index (χ4v) is 2.11. The SMILES string of the molecule is C=CC(=O)OC1C(C)CCC1(C)C. The van der Waals surface area contributed by atoms with E-state index in [1.54, 1.807) is 0 Å². The molecule has 0 radical (unpaired) electrons. The summed E-state index contributed by atoms with van der Waals surface area (Å²) in [7, 11) is 0. The summed E-state index contributed by atoms with van der Waals surface area (Å²) in [5.41, 5.74) is 0.123. The Labute approximate surface area is 80.0 Å². The van der Waals surface area contributed by atoms with Gasteiger partial charge in [0.1, 0.15) is 6.10 Å². The Bertz CT molecular complexity index is 218. The molecular weight excluding hydrogens is 164 g/mol. The maximum absolute atomic E-state index is 11.1. The number of hydrogen-bond acceptors (Lipinski definition) is 2. The van der Waals surface area contributed by atoms with Gasteiger partial charge in [0.05, 0.1) is 0 Å². The van der Waals surface area contributed by atoms with Gasteiger partial charge in [0, 0.05) is 11.5 Å². The second kappa shape index (κ2) is 3.52. The van der Waals surface area contributed by atoms with Crippen LogP contribution in [0.3, 0.4) is 0 Å². The largest absolute Gasteiger partial charge is 0.458 e. The molecule has 13 heavy (non-hydrogen) atoms. The summed E-state index contributed by atoms with van der Waals surface area (Å²) in [5.74, 6) is 0.172. The standard InChI is InChI=1S/C11H18O2/c1-5-9(12)13-10-8(2)6-7-11(10,3)4/h5,8,10H,1,6-7H2,2-4H3. The zero-order valence-electron chi connectivity index (χ0n) is 8.67. The van der Waals surface area contributed by atoms with Crippen LogP contribution in [-0.4, -0.2) is 12.1 Å². The van der Waals surface area contributed by atoms with Crippen LogP contribution >= 0.6 is 0 Å². The van der Waals surface area contributed by atoms with Crippen molar-refractivity contribution in [1.82, 2.24) is 0 Å². The summed E-state index contributed by atoms with van der Waals surface area (Å²) in [4.78, 5) is 11.1. The van der Waals surface area contributed by atoms with Crippen LogP contribution in [0.15, 0.2) is 12.7 Å². The first-order chi connectivity index (χ1) is 5.97. The van der Waals surface area contributed by atoms with Gasteiger partial charge in [-0.15, -0.1) is 0 Å². The first kappa shape index (κ1) is 10.3. The monoisotopic (exact) mass is 182 g/mol. The Hall–Kier alpha value is -0.790. The minimum absolute atomic E-state index is 0.0537. The van der Waals surface area contributed by atoms with E-state index in [-0.39, 0.29) is 17.5 Å². The maximum Gasteiger partial charge on any atom is 0.330 e. The molecule has 2 unspecified atom stereocenters. The molecule has 0 spiro atoms. The molecule has 2 atom stereocenters. The Kier molecular flexibility index (Phi) is 2.79. The van der Waals surface area contributed by atoms with E-state index in [0.717, 1.165) is 12.8 Å². The second-order valence-electron chi connectivity index (χ2n) is 4.57. The van der Waals surface area contributed by atoms with Crippen molar-refractivity contribution in [2.45, 2.75) is 39.7 Å². The highest BCUT2D eigenvalue weighted by molar-refractivity contribution is 5.81. The van der Waals surface area contributed by atoms with E-state index in [1.807, 2.05) is 0 Å². The summed E-state index contributed by atoms with van der Waals surface area (Å²) in [5, 5.41) is 0. The molecule has 0 aliphatic heterocycles. The Morgan fingerprint density at radius 3 is 2.62 bits per heavy atom. The molecule has 0 bridgehead atoms. The second-order valence-corrected chi connectivity index (χ2v) is 4.57. The third-order valence-electron chi connectivity index (χ3n) is 2.94. The average Bonchev–Trinajstić information content (AvgIpc) is 2.31. The zero-order chi connectivity index (χ0) is 10.1. The van der Waals surface area contributed by atoms with Crippen molar-refractivity contribution in [3.8, 4) is 0 Å². The van der Waals surface area contributed by atoms with Crippen LogP contribution in [0.1, 0.15) is 33.6 Å². The van der Waals surface area contributed by atoms with E-state index in [4.69, 9.17) is 4.74 Å². The maximum atomic E-state index is 11.1. The fraction of sp³-hybridized carbons (Fsp3) is 0.727. The predicted molar refractivity (Wildman–Crippen MR) is 52.3 cm³/mol. The first-order valence-corrected chi connectivity index (χ1v) is 4.80. The molecule has 0 aromatic rings. The highest BCUT2D eigenvalue weighted by Gasteiger charge is 2.42. The van der Waals surface area contributed by atoms with Crippen LogP contribution in [0, 0.1) is 11.3 Å². The lowest BCUT2D eigenvalue weighted by Crippen LogP contribution is -2.32. The molecule has 1 saturated carbocycles. The van der Waals surface area contributed by atoms with Crippen molar-refractivity contribution in [2.24, 2.45) is 11.3 Å². The number of hydrogen-bond donors (Lipinski definition) is 0. The fourth-order valence-electron chi connectivity index (χ4n) is 2.11. The van der Waals surface area contributed by atoms with Crippen molar-refractivity contribution in [3.63, 3.8) is 0 Å². The summed E-state index contributed by atoms with van der Waals surface area (Å²) < 4.78 is 5.33. The molecule has 74 valence electrons. The zero-order valence-corrected chi connectivity index (χ0v) is 8.67. The lowest BCUT2D eigenvalue weighted by Gasteiger charge is -2.28. The van der Waals surface area contributed by atoms with Gasteiger partial charge in [0.15, 0.2) is 0 Å². The minimum atomic E-state index is -0.299. The van der Waals surface area contributed by atoms with Crippen molar-refractivity contribution in [3.05, 3.63) is 12.7 Å². The highest BCUT2D eigenvalue weighted by atomic mass is 16.5. The average molecular weight is 182 g/mol. The first-order valence-electron chi connectivity index (χ1n) is 4.80. The van der Waals surface area contributed by atoms with Crippen molar-refractivity contribution in [2.75, 3.05) is 0 Å². The lowest BCUT2D eigenvalue weighted by molar-refractivity contribution is -0.149. The van der Waals surface area contributed by atoms with Crippen molar-refractivity contribution in [1.29, 1.82) is 0 Å². The Morgan fingerprint density at radius 1 is 1.62 bits per heavy atom. The van der Waals surface area contributed by atoms with Gasteiger partial charge in [-0.1, -0.05) is 27.4 Å². The Morgan fingerprint density at radius 2 is 2.23 bits per heavy atom. The number of carbonyl (C=O) groups is 1. The number of esters is 1. The minimum Gasteiger partial charge on any atom is -0.458 e. The van der Waals surface area contributed by atoms with Crippen LogP contribution in [0.4, 0.5) is 0 Å². The summed E-state index contributed by atoms with van der Waals surface area (Å²) >= 11 is 0. The molecule has 0 aromatic heterocycles. The van der Waals surface area contributed by atoms with E-state index >= 15 is 0 Å². The molecule has 2 heteroatoms. The van der Waals surface area contributed by atoms with Gasteiger partial charge in [-0.25, -0.2) is 4.79 Å². The topological polar surface area (TPSA) is 26.3 Å². The molecule has 1 aliphatic rings. The van der Waals surface area contributed by atoms with Crippen molar-refractivity contribution >= 4 is 5.97 Å². The summed E-state index contributed by atoms with van der Waals surface area (Å²) in [6.45, 7) is 9.84. The van der Waals surface area contributed by atoms with E-state index in [1.165, 1.54) is 6.08 Å². The van der Waals surface area contributed by atoms with Crippen LogP contribution in [0.5, 0.6) is 0 Å². The molecule has 1 rings (SSSR count). The van der Waals surface area contributed by atoms with Crippen LogP contribution < -0.4 is 0 Å². The molecule has 1 aliphatic carbocycles. The lowest BCUT2D eigenvalue weighted by atomic mass is 9.87. The molecule has 0 N–H and O–H groups in total. The van der Waals surface area contributed by atoms with Gasteiger partial charge in [-0.05, 0) is 18.8 Å². The molecular formula is C11H18O2. The van der Waals surface area contributed by atoms with Gasteiger partial charge >= 0.3 is 5.97 Å². The molecule has 0 amide bonds. The van der Waals surface area contributed by atoms with E-state index in [0.29, 0.717) is 5.92 Å². The van der Waals surface area contributed by atoms with Gasteiger partial charge in [0.25, 0.3) is 0 Å². The third-order valence-corrected chi connectivity index (χ3v) is 2.94. The molecule has 2 nitrogen and oxygen atoms in total. The van der Waals surface area contributed by atoms with E-state index in [9.17, 15) is 4.79 Å². The smallest absolute Gasteiger partial charge is 0.330 e. The summed E-state index contributed by atoms with van der Waals surface area (Å²) in [6.07, 6.45) is 3.56. The summed E-state index contributed by atoms with van der Waals surface area (Å²) in [6, 6.07) is 0. The number of carbonyl (C=O) groups excluding carboxylic acids is 1. The van der Waals surface area contributed by atoms with Gasteiger partial charge in [-0.2, -0.15) is 0 Å². The van der Waals surface area contributed by atoms with E-state index in [2.05, 4.69) is 27.4 Å². The molecule has 0 heterocycles. The van der Waals surface area contributed by atoms with Crippen LogP contribution in [0.2, 0.25) is 0 Å². The number of ether oxygens (including phenoxy) is 1. The third kappa shape index (κ3) is 2.11. The van der Waals surface area contributed by atoms with Gasteiger partial charge < -0.3 is 4.74 Å². The Balaban J connectivity index is 2.65.